The summed E-state index contributed by atoms with van der Waals surface area (Å²) in [7, 11) is 0. The van der Waals surface area contributed by atoms with Crippen LogP contribution in [-0.2, 0) is 4.79 Å². The Balaban J connectivity index is 1.12. The van der Waals surface area contributed by atoms with Gasteiger partial charge in [-0.05, 0) is 125 Å². The number of amides is 1. The van der Waals surface area contributed by atoms with Crippen molar-refractivity contribution in [2.75, 3.05) is 5.32 Å². The molecule has 0 heterocycles. The molecular formula is C28H35NO2. The number of hydrogen-bond donors (Lipinski definition) is 1. The van der Waals surface area contributed by atoms with E-state index in [0.29, 0.717) is 5.78 Å². The van der Waals surface area contributed by atoms with Gasteiger partial charge < -0.3 is 5.32 Å². The molecule has 0 spiro atoms. The van der Waals surface area contributed by atoms with Crippen molar-refractivity contribution in [3.8, 4) is 0 Å². The molecule has 8 fully saturated rings. The van der Waals surface area contributed by atoms with Gasteiger partial charge in [0.2, 0.25) is 5.91 Å². The molecule has 0 saturated heterocycles. The highest BCUT2D eigenvalue weighted by molar-refractivity contribution is 6.03. The highest BCUT2D eigenvalue weighted by Crippen LogP contribution is 2.62. The fourth-order valence-electron chi connectivity index (χ4n) is 10.1. The quantitative estimate of drug-likeness (QED) is 0.589. The van der Waals surface area contributed by atoms with Gasteiger partial charge in [0.1, 0.15) is 0 Å². The van der Waals surface area contributed by atoms with Crippen molar-refractivity contribution in [1.82, 2.24) is 0 Å². The number of nitrogens with one attached hydrogen (secondary N) is 1. The third-order valence-electron chi connectivity index (χ3n) is 10.4. The fraction of sp³-hybridized carbons (Fsp3) is 0.714. The molecule has 0 atom stereocenters. The van der Waals surface area contributed by atoms with Crippen molar-refractivity contribution in [3.05, 3.63) is 29.8 Å². The predicted octanol–water partition coefficient (Wildman–Crippen LogP) is 6.24. The zero-order valence-electron chi connectivity index (χ0n) is 18.6. The van der Waals surface area contributed by atoms with Gasteiger partial charge >= 0.3 is 0 Å². The van der Waals surface area contributed by atoms with Gasteiger partial charge in [0.15, 0.2) is 5.78 Å². The topological polar surface area (TPSA) is 46.2 Å². The normalized spacial score (nSPS) is 46.3. The molecule has 3 nitrogen and oxygen atoms in total. The second-order valence-electron chi connectivity index (χ2n) is 12.8. The Bertz CT molecular complexity index is 876. The summed E-state index contributed by atoms with van der Waals surface area (Å²) in [5, 5.41) is 3.28. The van der Waals surface area contributed by atoms with Crippen LogP contribution in [0.4, 0.5) is 5.69 Å². The molecule has 8 aliphatic carbocycles. The van der Waals surface area contributed by atoms with Crippen molar-refractivity contribution in [2.45, 2.75) is 77.0 Å². The molecule has 0 aliphatic heterocycles. The molecule has 0 aromatic heterocycles. The standard InChI is InChI=1S/C28H35NO2/c30-25(27-11-17-4-18(12-27)6-19(5-17)13-27)23-2-1-3-24(10-23)29-26(31)28-14-20-7-21(15-28)9-22(8-20)16-28/h1-3,10,17-22H,4-9,11-16H2,(H,29,31). The summed E-state index contributed by atoms with van der Waals surface area (Å²) in [6.07, 6.45) is 14.6. The van der Waals surface area contributed by atoms with Crippen LogP contribution in [0.1, 0.15) is 87.4 Å². The third-order valence-corrected chi connectivity index (χ3v) is 10.4. The molecular weight excluding hydrogens is 382 g/mol. The number of benzene rings is 1. The lowest BCUT2D eigenvalue weighted by Gasteiger charge is -2.56. The highest BCUT2D eigenvalue weighted by Gasteiger charge is 2.56. The molecule has 8 bridgehead atoms. The van der Waals surface area contributed by atoms with Gasteiger partial charge in [-0.3, -0.25) is 9.59 Å². The van der Waals surface area contributed by atoms with Crippen LogP contribution < -0.4 is 5.32 Å². The van der Waals surface area contributed by atoms with Crippen molar-refractivity contribution in [3.63, 3.8) is 0 Å². The van der Waals surface area contributed by atoms with Gasteiger partial charge in [0, 0.05) is 16.7 Å². The van der Waals surface area contributed by atoms with E-state index in [1.165, 1.54) is 38.5 Å². The van der Waals surface area contributed by atoms with E-state index in [1.54, 1.807) is 0 Å². The summed E-state index contributed by atoms with van der Waals surface area (Å²) >= 11 is 0. The zero-order valence-corrected chi connectivity index (χ0v) is 18.6. The Morgan fingerprint density at radius 2 is 1.13 bits per heavy atom. The van der Waals surface area contributed by atoms with Crippen molar-refractivity contribution >= 4 is 17.4 Å². The van der Waals surface area contributed by atoms with Crippen molar-refractivity contribution < 1.29 is 9.59 Å². The van der Waals surface area contributed by atoms with Crippen LogP contribution in [0, 0.1) is 46.3 Å². The van der Waals surface area contributed by atoms with E-state index in [2.05, 4.69) is 5.32 Å². The summed E-state index contributed by atoms with van der Waals surface area (Å²) in [5.41, 5.74) is 1.40. The summed E-state index contributed by atoms with van der Waals surface area (Å²) in [6, 6.07) is 7.93. The Labute approximate surface area is 185 Å². The van der Waals surface area contributed by atoms with Gasteiger partial charge in [-0.2, -0.15) is 0 Å². The Morgan fingerprint density at radius 1 is 0.677 bits per heavy atom. The van der Waals surface area contributed by atoms with E-state index in [1.807, 2.05) is 24.3 Å². The van der Waals surface area contributed by atoms with Crippen LogP contribution in [-0.4, -0.2) is 11.7 Å². The lowest BCUT2D eigenvalue weighted by atomic mass is 9.48. The fourth-order valence-corrected chi connectivity index (χ4v) is 10.1. The molecule has 8 aliphatic rings. The van der Waals surface area contributed by atoms with Crippen molar-refractivity contribution in [1.29, 1.82) is 0 Å². The zero-order chi connectivity index (χ0) is 20.8. The lowest BCUT2D eigenvalue weighted by Crippen LogP contribution is -2.51. The first-order chi connectivity index (χ1) is 15.0. The average Bonchev–Trinajstić information content (AvgIpc) is 2.71. The first kappa shape index (κ1) is 18.9. The van der Waals surface area contributed by atoms with E-state index >= 15 is 0 Å². The molecule has 164 valence electrons. The van der Waals surface area contributed by atoms with E-state index < -0.39 is 0 Å². The summed E-state index contributed by atoms with van der Waals surface area (Å²) in [6.45, 7) is 0. The average molecular weight is 418 g/mol. The second-order valence-corrected chi connectivity index (χ2v) is 12.8. The van der Waals surface area contributed by atoms with Gasteiger partial charge in [-0.25, -0.2) is 0 Å². The van der Waals surface area contributed by atoms with Crippen LogP contribution in [0.25, 0.3) is 0 Å². The largest absolute Gasteiger partial charge is 0.326 e. The smallest absolute Gasteiger partial charge is 0.230 e. The van der Waals surface area contributed by atoms with Gasteiger partial charge in [0.25, 0.3) is 0 Å². The second kappa shape index (κ2) is 6.45. The number of rotatable bonds is 4. The van der Waals surface area contributed by atoms with Gasteiger partial charge in [-0.15, -0.1) is 0 Å². The van der Waals surface area contributed by atoms with Crippen LogP contribution in [0.15, 0.2) is 24.3 Å². The maximum absolute atomic E-state index is 13.7. The maximum atomic E-state index is 13.7. The molecule has 1 aromatic rings. The Kier molecular flexibility index (Phi) is 3.93. The SMILES string of the molecule is O=C(Nc1cccc(C(=O)C23CC4CC(CC(C4)C2)C3)c1)C12CC3CC(CC(C3)C1)C2. The molecule has 0 unspecified atom stereocenters. The maximum Gasteiger partial charge on any atom is 0.230 e. The highest BCUT2D eigenvalue weighted by atomic mass is 16.2. The first-order valence-corrected chi connectivity index (χ1v) is 12.9. The number of anilines is 1. The molecule has 3 heteroatoms. The molecule has 1 aromatic carbocycles. The summed E-state index contributed by atoms with van der Waals surface area (Å²) < 4.78 is 0. The Hall–Kier alpha value is -1.64. The van der Waals surface area contributed by atoms with E-state index in [4.69, 9.17) is 0 Å². The van der Waals surface area contributed by atoms with E-state index in [9.17, 15) is 9.59 Å². The monoisotopic (exact) mass is 417 g/mol. The number of hydrogen-bond acceptors (Lipinski definition) is 2. The van der Waals surface area contributed by atoms with Crippen LogP contribution >= 0.6 is 0 Å². The number of carbonyl (C=O) groups excluding carboxylic acids is 2. The molecule has 1 amide bonds. The predicted molar refractivity (Wildman–Crippen MR) is 121 cm³/mol. The number of Topliss-reactive ketones (excluding diaryl/α,β-unsaturated/α-hetero) is 1. The van der Waals surface area contributed by atoms with Crippen LogP contribution in [0.5, 0.6) is 0 Å². The molecule has 0 radical (unpaired) electrons. The minimum atomic E-state index is -0.144. The summed E-state index contributed by atoms with van der Waals surface area (Å²) in [5.74, 6) is 5.20. The third kappa shape index (κ3) is 2.91. The van der Waals surface area contributed by atoms with Gasteiger partial charge in [0.05, 0.1) is 5.41 Å². The first-order valence-electron chi connectivity index (χ1n) is 12.9. The lowest BCUT2D eigenvalue weighted by molar-refractivity contribution is -0.140. The molecule has 8 saturated carbocycles. The van der Waals surface area contributed by atoms with Crippen LogP contribution in [0.3, 0.4) is 0 Å². The molecule has 31 heavy (non-hydrogen) atoms. The minimum absolute atomic E-state index is 0.114. The molecule has 1 N–H and O–H groups in total. The number of ketones is 1. The molecule has 9 rings (SSSR count). The minimum Gasteiger partial charge on any atom is -0.326 e. The summed E-state index contributed by atoms with van der Waals surface area (Å²) in [4.78, 5) is 27.2. The van der Waals surface area contributed by atoms with Gasteiger partial charge in [-0.1, -0.05) is 12.1 Å². The van der Waals surface area contributed by atoms with E-state index in [-0.39, 0.29) is 16.7 Å². The Morgan fingerprint density at radius 3 is 1.61 bits per heavy atom. The van der Waals surface area contributed by atoms with Crippen molar-refractivity contribution in [2.24, 2.45) is 46.3 Å². The van der Waals surface area contributed by atoms with E-state index in [0.717, 1.165) is 85.3 Å². The van der Waals surface area contributed by atoms with Crippen LogP contribution in [0.2, 0.25) is 0 Å². The number of carbonyl (C=O) groups is 2.